The molecule has 2 nitrogen and oxygen atoms in total. The molecule has 0 aromatic heterocycles. The second-order valence-electron chi connectivity index (χ2n) is 4.33. The zero-order valence-electron chi connectivity index (χ0n) is 9.75. The van der Waals surface area contributed by atoms with Crippen molar-refractivity contribution in [1.29, 1.82) is 5.41 Å². The Morgan fingerprint density at radius 2 is 1.89 bits per heavy atom. The van der Waals surface area contributed by atoms with Crippen LogP contribution >= 0.6 is 11.6 Å². The molecule has 1 N–H and O–H groups in total. The number of hydrogen-bond acceptors (Lipinski definition) is 1. The molecule has 96 valence electrons. The summed E-state index contributed by atoms with van der Waals surface area (Å²) in [4.78, 5) is 1.50. The summed E-state index contributed by atoms with van der Waals surface area (Å²) in [6.07, 6.45) is 0. The number of benzene rings is 2. The van der Waals surface area contributed by atoms with E-state index in [9.17, 15) is 8.78 Å². The van der Waals surface area contributed by atoms with Crippen LogP contribution in [0.5, 0.6) is 0 Å². The predicted molar refractivity (Wildman–Crippen MR) is 70.8 cm³/mol. The summed E-state index contributed by atoms with van der Waals surface area (Å²) in [6.45, 7) is 0.354. The van der Waals surface area contributed by atoms with Gasteiger partial charge in [-0.25, -0.2) is 8.78 Å². The number of anilines is 1. The molecule has 1 aliphatic heterocycles. The van der Waals surface area contributed by atoms with E-state index < -0.39 is 11.6 Å². The first-order chi connectivity index (χ1) is 9.06. The van der Waals surface area contributed by atoms with Crippen molar-refractivity contribution in [2.75, 3.05) is 4.90 Å². The monoisotopic (exact) mass is 278 g/mol. The maximum Gasteiger partial charge on any atom is 0.148 e. The molecule has 1 heterocycles. The Morgan fingerprint density at radius 1 is 1.11 bits per heavy atom. The first kappa shape index (κ1) is 12.1. The predicted octanol–water partition coefficient (Wildman–Crippen LogP) is 3.96. The number of fused-ring (bicyclic) bond motifs is 1. The van der Waals surface area contributed by atoms with Crippen molar-refractivity contribution >= 4 is 23.1 Å². The van der Waals surface area contributed by atoms with Crippen molar-refractivity contribution < 1.29 is 8.78 Å². The number of hydrogen-bond donors (Lipinski definition) is 1. The number of amidine groups is 1. The van der Waals surface area contributed by atoms with Crippen LogP contribution in [0.3, 0.4) is 0 Å². The lowest BCUT2D eigenvalue weighted by Gasteiger charge is -2.18. The minimum Gasteiger partial charge on any atom is -0.319 e. The molecule has 3 rings (SSSR count). The van der Waals surface area contributed by atoms with Gasteiger partial charge in [-0.3, -0.25) is 5.41 Å². The molecule has 19 heavy (non-hydrogen) atoms. The fourth-order valence-corrected chi connectivity index (χ4v) is 2.37. The van der Waals surface area contributed by atoms with Crippen LogP contribution in [0.15, 0.2) is 36.4 Å². The van der Waals surface area contributed by atoms with E-state index in [0.29, 0.717) is 17.1 Å². The number of halogens is 3. The van der Waals surface area contributed by atoms with E-state index in [1.54, 1.807) is 12.1 Å². The summed E-state index contributed by atoms with van der Waals surface area (Å²) >= 11 is 5.71. The van der Waals surface area contributed by atoms with Gasteiger partial charge in [-0.1, -0.05) is 17.7 Å². The number of rotatable bonds is 1. The number of nitrogens with zero attached hydrogens (tertiary/aromatic N) is 1. The minimum absolute atomic E-state index is 0.0933. The molecule has 0 fully saturated rings. The van der Waals surface area contributed by atoms with Crippen LogP contribution in [-0.2, 0) is 6.54 Å². The average Bonchev–Trinajstić information content (AvgIpc) is 2.67. The lowest BCUT2D eigenvalue weighted by Crippen LogP contribution is -2.24. The zero-order chi connectivity index (χ0) is 13.6. The lowest BCUT2D eigenvalue weighted by molar-refractivity contribution is 0.625. The van der Waals surface area contributed by atoms with Gasteiger partial charge in [0.15, 0.2) is 0 Å². The molecule has 0 saturated heterocycles. The van der Waals surface area contributed by atoms with Gasteiger partial charge < -0.3 is 4.90 Å². The van der Waals surface area contributed by atoms with Crippen molar-refractivity contribution in [3.05, 3.63) is 64.2 Å². The molecule has 5 heteroatoms. The van der Waals surface area contributed by atoms with Crippen LogP contribution in [0.1, 0.15) is 11.1 Å². The molecule has 0 unspecified atom stereocenters. The summed E-state index contributed by atoms with van der Waals surface area (Å²) in [5.41, 5.74) is 1.57. The van der Waals surface area contributed by atoms with Gasteiger partial charge in [-0.2, -0.15) is 0 Å². The van der Waals surface area contributed by atoms with Crippen molar-refractivity contribution in [2.24, 2.45) is 0 Å². The van der Waals surface area contributed by atoms with Gasteiger partial charge in [0.05, 0.1) is 12.2 Å². The van der Waals surface area contributed by atoms with Crippen LogP contribution in [0.4, 0.5) is 14.5 Å². The molecule has 0 saturated carbocycles. The van der Waals surface area contributed by atoms with E-state index in [-0.39, 0.29) is 11.5 Å². The molecule has 0 aliphatic carbocycles. The van der Waals surface area contributed by atoms with Gasteiger partial charge in [-0.15, -0.1) is 0 Å². The van der Waals surface area contributed by atoms with Crippen molar-refractivity contribution in [2.45, 2.75) is 6.54 Å². The molecule has 0 spiro atoms. The van der Waals surface area contributed by atoms with Gasteiger partial charge in [0.2, 0.25) is 0 Å². The molecular weight excluding hydrogens is 270 g/mol. The molecule has 0 radical (unpaired) electrons. The smallest absolute Gasteiger partial charge is 0.148 e. The first-order valence-electron chi connectivity index (χ1n) is 5.66. The van der Waals surface area contributed by atoms with Crippen molar-refractivity contribution in [3.63, 3.8) is 0 Å². The Hall–Kier alpha value is -1.94. The highest BCUT2D eigenvalue weighted by atomic mass is 35.5. The standard InChI is InChI=1S/C14H9ClF2N2/c15-9-2-4-13(12(17)5-9)19-7-8-1-3-10(16)6-11(8)14(19)18/h1-6,18H,7H2. The molecule has 0 amide bonds. The average molecular weight is 279 g/mol. The molecular formula is C14H9ClF2N2. The Bertz CT molecular complexity index is 685. The topological polar surface area (TPSA) is 27.1 Å². The van der Waals surface area contributed by atoms with E-state index in [4.69, 9.17) is 17.0 Å². The molecule has 2 aromatic rings. The summed E-state index contributed by atoms with van der Waals surface area (Å²) in [5, 5.41) is 8.33. The largest absolute Gasteiger partial charge is 0.319 e. The SMILES string of the molecule is N=C1c2cc(F)ccc2CN1c1ccc(Cl)cc1F. The molecule has 0 bridgehead atoms. The third kappa shape index (κ3) is 1.98. The maximum atomic E-state index is 13.9. The Morgan fingerprint density at radius 3 is 2.63 bits per heavy atom. The maximum absolute atomic E-state index is 13.9. The lowest BCUT2D eigenvalue weighted by atomic mass is 10.1. The Kier molecular flexibility index (Phi) is 2.75. The highest BCUT2D eigenvalue weighted by molar-refractivity contribution is 6.30. The summed E-state index contributed by atoms with van der Waals surface area (Å²) in [5.74, 6) is -0.803. The van der Waals surface area contributed by atoms with Crippen LogP contribution in [-0.4, -0.2) is 5.84 Å². The third-order valence-corrected chi connectivity index (χ3v) is 3.36. The van der Waals surface area contributed by atoms with E-state index in [0.717, 1.165) is 5.56 Å². The summed E-state index contributed by atoms with van der Waals surface area (Å²) in [7, 11) is 0. The molecule has 2 aromatic carbocycles. The van der Waals surface area contributed by atoms with Gasteiger partial charge in [0.25, 0.3) is 0 Å². The zero-order valence-corrected chi connectivity index (χ0v) is 10.5. The van der Waals surface area contributed by atoms with Crippen molar-refractivity contribution in [1.82, 2.24) is 0 Å². The van der Waals surface area contributed by atoms with Gasteiger partial charge in [0, 0.05) is 10.6 Å². The van der Waals surface area contributed by atoms with Gasteiger partial charge in [-0.05, 0) is 35.9 Å². The summed E-state index contributed by atoms with van der Waals surface area (Å²) in [6, 6.07) is 8.55. The Balaban J connectivity index is 2.04. The van der Waals surface area contributed by atoms with Crippen LogP contribution in [0.2, 0.25) is 5.02 Å². The second-order valence-corrected chi connectivity index (χ2v) is 4.77. The van der Waals surface area contributed by atoms with Gasteiger partial charge in [0.1, 0.15) is 17.5 Å². The number of nitrogens with one attached hydrogen (secondary N) is 1. The van der Waals surface area contributed by atoms with Crippen molar-refractivity contribution in [3.8, 4) is 0 Å². The normalized spacial score (nSPS) is 13.8. The van der Waals surface area contributed by atoms with E-state index in [1.165, 1.54) is 29.2 Å². The fraction of sp³-hybridized carbons (Fsp3) is 0.0714. The highest BCUT2D eigenvalue weighted by Crippen LogP contribution is 2.31. The summed E-state index contributed by atoms with van der Waals surface area (Å²) < 4.78 is 27.1. The van der Waals surface area contributed by atoms with E-state index in [2.05, 4.69) is 0 Å². The fourth-order valence-electron chi connectivity index (χ4n) is 2.21. The molecule has 1 aliphatic rings. The van der Waals surface area contributed by atoms with Crippen LogP contribution < -0.4 is 4.90 Å². The minimum atomic E-state index is -0.495. The van der Waals surface area contributed by atoms with Gasteiger partial charge >= 0.3 is 0 Å². The highest BCUT2D eigenvalue weighted by Gasteiger charge is 2.27. The first-order valence-corrected chi connectivity index (χ1v) is 6.04. The van der Waals surface area contributed by atoms with E-state index in [1.807, 2.05) is 0 Å². The Labute approximate surface area is 113 Å². The molecule has 0 atom stereocenters. The van der Waals surface area contributed by atoms with Crippen LogP contribution in [0, 0.1) is 17.0 Å². The van der Waals surface area contributed by atoms with E-state index >= 15 is 0 Å². The quantitative estimate of drug-likeness (QED) is 0.840. The second kappa shape index (κ2) is 4.31. The third-order valence-electron chi connectivity index (χ3n) is 3.13. The van der Waals surface area contributed by atoms with Crippen LogP contribution in [0.25, 0.3) is 0 Å².